The van der Waals surface area contributed by atoms with Crippen LogP contribution in [0.3, 0.4) is 0 Å². The Bertz CT molecular complexity index is 866. The second-order valence-electron chi connectivity index (χ2n) is 6.80. The van der Waals surface area contributed by atoms with E-state index in [4.69, 9.17) is 16.3 Å². The molecule has 0 spiro atoms. The maximum absolute atomic E-state index is 13.3. The predicted octanol–water partition coefficient (Wildman–Crippen LogP) is 4.73. The second kappa shape index (κ2) is 8.69. The summed E-state index contributed by atoms with van der Waals surface area (Å²) in [7, 11) is 0. The van der Waals surface area contributed by atoms with E-state index in [1.807, 2.05) is 0 Å². The van der Waals surface area contributed by atoms with Crippen molar-refractivity contribution >= 4 is 23.2 Å². The van der Waals surface area contributed by atoms with Gasteiger partial charge in [0.2, 0.25) is 5.91 Å². The first-order valence-corrected chi connectivity index (χ1v) is 9.33. The summed E-state index contributed by atoms with van der Waals surface area (Å²) in [6.07, 6.45) is -3.47. The number of halogens is 5. The minimum Gasteiger partial charge on any atom is -0.381 e. The molecule has 1 heterocycles. The molecule has 2 N–H and O–H groups in total. The fraction of sp³-hybridized carbons (Fsp3) is 0.350. The van der Waals surface area contributed by atoms with Gasteiger partial charge in [0.05, 0.1) is 17.1 Å². The van der Waals surface area contributed by atoms with E-state index < -0.39 is 28.2 Å². The maximum Gasteiger partial charge on any atom is 0.417 e. The van der Waals surface area contributed by atoms with E-state index in [1.165, 1.54) is 18.2 Å². The van der Waals surface area contributed by atoms with Crippen LogP contribution < -0.4 is 10.6 Å². The van der Waals surface area contributed by atoms with E-state index in [-0.39, 0.29) is 18.0 Å². The van der Waals surface area contributed by atoms with Gasteiger partial charge in [-0.25, -0.2) is 4.39 Å². The van der Waals surface area contributed by atoms with Gasteiger partial charge in [0, 0.05) is 24.4 Å². The van der Waals surface area contributed by atoms with Gasteiger partial charge >= 0.3 is 6.18 Å². The molecule has 29 heavy (non-hydrogen) atoms. The Morgan fingerprint density at radius 2 is 1.76 bits per heavy atom. The number of alkyl halides is 3. The van der Waals surface area contributed by atoms with Crippen molar-refractivity contribution in [2.45, 2.75) is 24.6 Å². The number of anilines is 1. The molecule has 156 valence electrons. The van der Waals surface area contributed by atoms with Gasteiger partial charge in [0.15, 0.2) is 0 Å². The molecule has 0 aromatic heterocycles. The van der Waals surface area contributed by atoms with Crippen LogP contribution in [0, 0.1) is 5.82 Å². The highest BCUT2D eigenvalue weighted by Crippen LogP contribution is 2.36. The van der Waals surface area contributed by atoms with Crippen LogP contribution in [-0.2, 0) is 21.2 Å². The summed E-state index contributed by atoms with van der Waals surface area (Å²) >= 11 is 5.59. The van der Waals surface area contributed by atoms with Gasteiger partial charge < -0.3 is 10.1 Å². The van der Waals surface area contributed by atoms with Crippen LogP contribution in [-0.4, -0.2) is 25.7 Å². The zero-order valence-corrected chi connectivity index (χ0v) is 16.0. The molecule has 1 saturated heterocycles. The predicted molar refractivity (Wildman–Crippen MR) is 101 cm³/mol. The second-order valence-corrected chi connectivity index (χ2v) is 7.20. The molecule has 0 bridgehead atoms. The number of nitrogens with one attached hydrogen (secondary N) is 2. The average molecular weight is 431 g/mol. The Morgan fingerprint density at radius 3 is 2.38 bits per heavy atom. The quantitative estimate of drug-likeness (QED) is 0.674. The molecular formula is C20H19ClF4N2O2. The van der Waals surface area contributed by atoms with Gasteiger partial charge in [0.25, 0.3) is 0 Å². The lowest BCUT2D eigenvalue weighted by Crippen LogP contribution is -2.49. The Hall–Kier alpha value is -2.16. The minimum absolute atomic E-state index is 0.00339. The van der Waals surface area contributed by atoms with Crippen molar-refractivity contribution in [1.82, 2.24) is 5.32 Å². The number of benzene rings is 2. The molecule has 0 atom stereocenters. The van der Waals surface area contributed by atoms with Crippen molar-refractivity contribution in [1.29, 1.82) is 0 Å². The van der Waals surface area contributed by atoms with Crippen LogP contribution in [0.1, 0.15) is 24.0 Å². The Balaban J connectivity index is 1.70. The van der Waals surface area contributed by atoms with E-state index in [9.17, 15) is 22.4 Å². The zero-order chi connectivity index (χ0) is 21.1. The summed E-state index contributed by atoms with van der Waals surface area (Å²) in [6, 6.07) is 9.19. The Kier molecular flexibility index (Phi) is 6.45. The van der Waals surface area contributed by atoms with Gasteiger partial charge in [0.1, 0.15) is 5.82 Å². The Morgan fingerprint density at radius 1 is 1.10 bits per heavy atom. The van der Waals surface area contributed by atoms with E-state index in [2.05, 4.69) is 10.6 Å². The zero-order valence-electron chi connectivity index (χ0n) is 15.3. The molecule has 1 amide bonds. The van der Waals surface area contributed by atoms with Crippen molar-refractivity contribution in [3.8, 4) is 0 Å². The summed E-state index contributed by atoms with van der Waals surface area (Å²) in [6.45, 7) is 0.803. The molecule has 4 nitrogen and oxygen atoms in total. The molecule has 0 unspecified atom stereocenters. The fourth-order valence-corrected chi connectivity index (χ4v) is 3.56. The molecule has 9 heteroatoms. The Labute approximate surface area is 170 Å². The summed E-state index contributed by atoms with van der Waals surface area (Å²) in [5.74, 6) is -0.870. The fourth-order valence-electron chi connectivity index (χ4n) is 3.33. The van der Waals surface area contributed by atoms with E-state index in [1.54, 1.807) is 12.1 Å². The van der Waals surface area contributed by atoms with Gasteiger partial charge in [-0.2, -0.15) is 13.2 Å². The molecule has 2 aromatic rings. The van der Waals surface area contributed by atoms with E-state index in [0.717, 1.165) is 17.7 Å². The first-order valence-electron chi connectivity index (χ1n) is 8.95. The number of carbonyl (C=O) groups excluding carboxylic acids is 1. The number of carbonyl (C=O) groups is 1. The lowest BCUT2D eigenvalue weighted by molar-refractivity contribution is -0.137. The minimum atomic E-state index is -4.62. The molecular weight excluding hydrogens is 412 g/mol. The number of hydrogen-bond donors (Lipinski definition) is 2. The number of ether oxygens (including phenoxy) is 1. The summed E-state index contributed by atoms with van der Waals surface area (Å²) in [5.41, 5.74) is -0.783. The van der Waals surface area contributed by atoms with Crippen LogP contribution in [0.4, 0.5) is 23.2 Å². The number of hydrogen-bond acceptors (Lipinski definition) is 3. The van der Waals surface area contributed by atoms with Crippen molar-refractivity contribution in [3.63, 3.8) is 0 Å². The number of amides is 1. The van der Waals surface area contributed by atoms with E-state index >= 15 is 0 Å². The first kappa shape index (κ1) is 21.5. The van der Waals surface area contributed by atoms with Gasteiger partial charge in [-0.15, -0.1) is 0 Å². The summed E-state index contributed by atoms with van der Waals surface area (Å²) in [5, 5.41) is 5.19. The normalized spacial score (nSPS) is 16.4. The maximum atomic E-state index is 13.3. The van der Waals surface area contributed by atoms with Crippen molar-refractivity contribution in [2.75, 3.05) is 25.1 Å². The lowest BCUT2D eigenvalue weighted by Gasteiger charge is -2.38. The standard InChI is InChI=1S/C20H19ClF4N2O2/c21-17-6-5-15(11-16(17)20(23,24)25)27-18(28)12-26-19(7-9-29-10-8-19)13-1-3-14(22)4-2-13/h1-6,11,26H,7-10,12H2,(H,27,28). The molecule has 0 aliphatic carbocycles. The molecule has 2 aromatic carbocycles. The average Bonchev–Trinajstić information content (AvgIpc) is 2.68. The third-order valence-electron chi connectivity index (χ3n) is 4.89. The van der Waals surface area contributed by atoms with Gasteiger partial charge in [-0.05, 0) is 48.7 Å². The van der Waals surface area contributed by atoms with Crippen LogP contribution in [0.2, 0.25) is 5.02 Å². The first-order chi connectivity index (χ1) is 13.7. The van der Waals surface area contributed by atoms with Gasteiger partial charge in [-0.1, -0.05) is 23.7 Å². The van der Waals surface area contributed by atoms with Crippen molar-refractivity contribution in [3.05, 3.63) is 64.4 Å². The number of rotatable bonds is 5. The third kappa shape index (κ3) is 5.26. The monoisotopic (exact) mass is 430 g/mol. The van der Waals surface area contributed by atoms with Crippen LogP contribution >= 0.6 is 11.6 Å². The third-order valence-corrected chi connectivity index (χ3v) is 5.22. The molecule has 0 saturated carbocycles. The molecule has 1 aliphatic rings. The van der Waals surface area contributed by atoms with Crippen LogP contribution in [0.5, 0.6) is 0 Å². The molecule has 1 aliphatic heterocycles. The van der Waals surface area contributed by atoms with Crippen LogP contribution in [0.25, 0.3) is 0 Å². The van der Waals surface area contributed by atoms with Crippen LogP contribution in [0.15, 0.2) is 42.5 Å². The SMILES string of the molecule is O=C(CNC1(c2ccc(F)cc2)CCOCC1)Nc1ccc(Cl)c(C(F)(F)F)c1. The smallest absolute Gasteiger partial charge is 0.381 e. The molecule has 1 fully saturated rings. The highest BCUT2D eigenvalue weighted by atomic mass is 35.5. The summed E-state index contributed by atoms with van der Waals surface area (Å²) < 4.78 is 57.6. The topological polar surface area (TPSA) is 50.4 Å². The van der Waals surface area contributed by atoms with Gasteiger partial charge in [-0.3, -0.25) is 10.1 Å². The molecule has 3 rings (SSSR count). The largest absolute Gasteiger partial charge is 0.417 e. The van der Waals surface area contributed by atoms with E-state index in [0.29, 0.717) is 26.1 Å². The summed E-state index contributed by atoms with van der Waals surface area (Å²) in [4.78, 5) is 12.3. The highest BCUT2D eigenvalue weighted by Gasteiger charge is 2.35. The van der Waals surface area contributed by atoms with Crippen molar-refractivity contribution in [2.24, 2.45) is 0 Å². The van der Waals surface area contributed by atoms with Crippen molar-refractivity contribution < 1.29 is 27.1 Å². The highest BCUT2D eigenvalue weighted by molar-refractivity contribution is 6.31. The lowest BCUT2D eigenvalue weighted by atomic mass is 9.82. The molecule has 0 radical (unpaired) electrons.